The van der Waals surface area contributed by atoms with Crippen LogP contribution in [0.5, 0.6) is 5.75 Å². The first-order valence-electron chi connectivity index (χ1n) is 12.5. The van der Waals surface area contributed by atoms with E-state index in [1.807, 2.05) is 18.2 Å². The summed E-state index contributed by atoms with van der Waals surface area (Å²) >= 11 is 3.47. The van der Waals surface area contributed by atoms with Crippen LogP contribution in [0.25, 0.3) is 16.9 Å². The lowest BCUT2D eigenvalue weighted by Gasteiger charge is -2.60. The molecule has 1 amide bonds. The predicted octanol–water partition coefficient (Wildman–Crippen LogP) is 6.32. The molecule has 2 heterocycles. The Morgan fingerprint density at radius 2 is 2.06 bits per heavy atom. The number of nitrogens with one attached hydrogen (secondary N) is 1. The summed E-state index contributed by atoms with van der Waals surface area (Å²) in [6.07, 6.45) is 4.02. The van der Waals surface area contributed by atoms with Crippen molar-refractivity contribution in [1.29, 1.82) is 0 Å². The fourth-order valence-corrected chi connectivity index (χ4v) is 6.90. The highest BCUT2D eigenvalue weighted by molar-refractivity contribution is 9.10. The van der Waals surface area contributed by atoms with Crippen molar-refractivity contribution >= 4 is 21.8 Å². The Bertz CT molecular complexity index is 1370. The molecule has 3 unspecified atom stereocenters. The number of benzene rings is 2. The predicted molar refractivity (Wildman–Crippen MR) is 136 cm³/mol. The average Bonchev–Trinajstić information content (AvgIpc) is 3.11. The van der Waals surface area contributed by atoms with Gasteiger partial charge in [-0.05, 0) is 72.8 Å². The summed E-state index contributed by atoms with van der Waals surface area (Å²) in [7, 11) is 0. The van der Waals surface area contributed by atoms with E-state index in [4.69, 9.17) is 4.74 Å². The molecular formula is C28H28BrF2N3O2. The first kappa shape index (κ1) is 23.6. The number of hydrogen-bond acceptors (Lipinski definition) is 3. The minimum Gasteiger partial charge on any atom is -0.492 e. The molecule has 5 nitrogen and oxygen atoms in total. The van der Waals surface area contributed by atoms with Crippen LogP contribution in [0.3, 0.4) is 0 Å². The van der Waals surface area contributed by atoms with Gasteiger partial charge in [-0.2, -0.15) is 5.10 Å². The zero-order valence-corrected chi connectivity index (χ0v) is 21.9. The monoisotopic (exact) mass is 555 g/mol. The molecular weight excluding hydrogens is 528 g/mol. The van der Waals surface area contributed by atoms with Crippen molar-refractivity contribution < 1.29 is 18.3 Å². The van der Waals surface area contributed by atoms with Gasteiger partial charge in [0.2, 0.25) is 0 Å². The number of aromatic nitrogens is 2. The summed E-state index contributed by atoms with van der Waals surface area (Å²) in [6.45, 7) is 5.64. The molecule has 0 radical (unpaired) electrons. The number of ether oxygens (including phenoxy) is 1. The van der Waals surface area contributed by atoms with Gasteiger partial charge in [0.1, 0.15) is 17.3 Å². The van der Waals surface area contributed by atoms with Crippen LogP contribution in [0.4, 0.5) is 8.78 Å². The molecule has 36 heavy (non-hydrogen) atoms. The molecule has 3 aromatic rings. The lowest BCUT2D eigenvalue weighted by atomic mass is 9.45. The van der Waals surface area contributed by atoms with Crippen LogP contribution in [0, 0.1) is 34.8 Å². The summed E-state index contributed by atoms with van der Waals surface area (Å²) in [5.74, 6) is 0.791. The molecule has 1 N–H and O–H groups in total. The molecule has 4 aliphatic rings. The number of amides is 1. The average molecular weight is 556 g/mol. The molecule has 1 aliphatic heterocycles. The van der Waals surface area contributed by atoms with E-state index in [-0.39, 0.29) is 17.3 Å². The van der Waals surface area contributed by atoms with Gasteiger partial charge in [-0.3, -0.25) is 4.79 Å². The second-order valence-electron chi connectivity index (χ2n) is 10.8. The summed E-state index contributed by atoms with van der Waals surface area (Å²) in [6, 6.07) is 8.95. The SMILES string of the molecule is CC1(C)C2CCC(CNC(=O)c3nn(-c4ccc(F)cc4F)c4c3CCOc3cc(Br)ccc3-4)C1C2. The number of nitrogens with zero attached hydrogens (tertiary/aromatic N) is 2. The van der Waals surface area contributed by atoms with Crippen molar-refractivity contribution in [3.05, 3.63) is 63.8 Å². The minimum atomic E-state index is -0.750. The van der Waals surface area contributed by atoms with Crippen molar-refractivity contribution in [2.24, 2.45) is 23.2 Å². The second-order valence-corrected chi connectivity index (χ2v) is 11.7. The molecule has 1 aromatic heterocycles. The summed E-state index contributed by atoms with van der Waals surface area (Å²) in [4.78, 5) is 13.5. The summed E-state index contributed by atoms with van der Waals surface area (Å²) in [5, 5.41) is 7.75. The highest BCUT2D eigenvalue weighted by Gasteiger charge is 2.54. The largest absolute Gasteiger partial charge is 0.492 e. The van der Waals surface area contributed by atoms with Crippen molar-refractivity contribution in [3.8, 4) is 22.7 Å². The number of rotatable bonds is 4. The highest BCUT2D eigenvalue weighted by atomic mass is 79.9. The van der Waals surface area contributed by atoms with Crippen LogP contribution in [0.2, 0.25) is 0 Å². The summed E-state index contributed by atoms with van der Waals surface area (Å²) in [5.41, 5.74) is 2.67. The van der Waals surface area contributed by atoms with Crippen LogP contribution < -0.4 is 10.1 Å². The number of carbonyl (C=O) groups is 1. The Labute approximate surface area is 217 Å². The molecule has 0 saturated heterocycles. The molecule has 0 spiro atoms. The number of fused-ring (bicyclic) bond motifs is 5. The molecule has 2 bridgehead atoms. The zero-order chi connectivity index (χ0) is 25.2. The maximum atomic E-state index is 14.9. The Balaban J connectivity index is 1.39. The fourth-order valence-electron chi connectivity index (χ4n) is 6.56. The van der Waals surface area contributed by atoms with Gasteiger partial charge >= 0.3 is 0 Å². The van der Waals surface area contributed by atoms with E-state index in [2.05, 4.69) is 40.2 Å². The Kier molecular flexibility index (Phi) is 5.70. The fraction of sp³-hybridized carbons (Fsp3) is 0.429. The number of hydrogen-bond donors (Lipinski definition) is 1. The van der Waals surface area contributed by atoms with E-state index < -0.39 is 11.6 Å². The number of carbonyl (C=O) groups excluding carboxylic acids is 1. The van der Waals surface area contributed by atoms with Crippen molar-refractivity contribution in [2.75, 3.05) is 13.2 Å². The second kappa shape index (κ2) is 8.68. The Morgan fingerprint density at radius 1 is 1.22 bits per heavy atom. The lowest BCUT2D eigenvalue weighted by Crippen LogP contribution is -2.54. The first-order chi connectivity index (χ1) is 17.2. The Morgan fingerprint density at radius 3 is 2.81 bits per heavy atom. The smallest absolute Gasteiger partial charge is 0.272 e. The van der Waals surface area contributed by atoms with Gasteiger partial charge in [-0.1, -0.05) is 29.8 Å². The van der Waals surface area contributed by atoms with Gasteiger partial charge in [0, 0.05) is 34.6 Å². The maximum Gasteiger partial charge on any atom is 0.272 e. The topological polar surface area (TPSA) is 56.2 Å². The Hall–Kier alpha value is -2.74. The third-order valence-electron chi connectivity index (χ3n) is 8.67. The quantitative estimate of drug-likeness (QED) is 0.410. The molecule has 2 aromatic carbocycles. The van der Waals surface area contributed by atoms with Crippen LogP contribution in [0.1, 0.15) is 49.2 Å². The van der Waals surface area contributed by atoms with Crippen LogP contribution in [-0.2, 0) is 6.42 Å². The summed E-state index contributed by atoms with van der Waals surface area (Å²) < 4.78 is 36.9. The van der Waals surface area contributed by atoms with E-state index in [9.17, 15) is 13.6 Å². The molecule has 7 rings (SSSR count). The van der Waals surface area contributed by atoms with Gasteiger partial charge in [0.05, 0.1) is 12.3 Å². The van der Waals surface area contributed by atoms with E-state index >= 15 is 0 Å². The standard InChI is InChI=1S/C28H28BrF2N3O2/c1-28(2)16-4-3-15(21(28)11-16)14-32-27(35)25-20-9-10-36-24-12-17(29)5-7-19(24)26(20)34(33-25)23-8-6-18(30)13-22(23)31/h5-8,12-13,15-16,21H,3-4,9-11,14H2,1-2H3,(H,32,35). The maximum absolute atomic E-state index is 14.9. The lowest BCUT2D eigenvalue weighted by molar-refractivity contribution is -0.103. The van der Waals surface area contributed by atoms with E-state index in [0.29, 0.717) is 59.4 Å². The van der Waals surface area contributed by atoms with Gasteiger partial charge in [-0.25, -0.2) is 13.5 Å². The van der Waals surface area contributed by atoms with Crippen LogP contribution in [0.15, 0.2) is 40.9 Å². The van der Waals surface area contributed by atoms with Crippen LogP contribution in [-0.4, -0.2) is 28.8 Å². The van der Waals surface area contributed by atoms with Gasteiger partial charge in [0.15, 0.2) is 11.5 Å². The molecule has 188 valence electrons. The molecule has 3 fully saturated rings. The number of halogens is 3. The van der Waals surface area contributed by atoms with Gasteiger partial charge in [0.25, 0.3) is 5.91 Å². The van der Waals surface area contributed by atoms with Gasteiger partial charge < -0.3 is 10.1 Å². The van der Waals surface area contributed by atoms with E-state index in [1.165, 1.54) is 29.7 Å². The molecule has 3 aliphatic carbocycles. The van der Waals surface area contributed by atoms with Crippen molar-refractivity contribution in [1.82, 2.24) is 15.1 Å². The van der Waals surface area contributed by atoms with Crippen LogP contribution >= 0.6 is 15.9 Å². The molecule has 3 atom stereocenters. The molecule has 8 heteroatoms. The first-order valence-corrected chi connectivity index (χ1v) is 13.3. The normalized spacial score (nSPS) is 23.5. The van der Waals surface area contributed by atoms with Crippen molar-refractivity contribution in [2.45, 2.75) is 39.5 Å². The third-order valence-corrected chi connectivity index (χ3v) is 9.16. The van der Waals surface area contributed by atoms with E-state index in [0.717, 1.165) is 22.9 Å². The van der Waals surface area contributed by atoms with Crippen molar-refractivity contribution in [3.63, 3.8) is 0 Å². The minimum absolute atomic E-state index is 0.0806. The third kappa shape index (κ3) is 3.76. The van der Waals surface area contributed by atoms with E-state index in [1.54, 1.807) is 0 Å². The zero-order valence-electron chi connectivity index (χ0n) is 20.3. The highest BCUT2D eigenvalue weighted by Crippen LogP contribution is 2.61. The molecule has 3 saturated carbocycles. The van der Waals surface area contributed by atoms with Gasteiger partial charge in [-0.15, -0.1) is 0 Å².